The number of carbonyl (C=O) groups is 1. The highest BCUT2D eigenvalue weighted by Gasteiger charge is 2.32. The molecule has 2 aliphatic rings. The highest BCUT2D eigenvalue weighted by atomic mass is 16.3. The molecule has 0 saturated carbocycles. The Morgan fingerprint density at radius 2 is 2.45 bits per heavy atom. The van der Waals surface area contributed by atoms with Crippen molar-refractivity contribution in [1.82, 2.24) is 21.1 Å². The third-order valence-electron chi connectivity index (χ3n) is 3.61. The zero-order valence-electron chi connectivity index (χ0n) is 11.3. The molecule has 0 spiro atoms. The summed E-state index contributed by atoms with van der Waals surface area (Å²) in [5, 5.41) is 3.05. The Hall–Kier alpha value is -2.21. The van der Waals surface area contributed by atoms with Gasteiger partial charge in [-0.2, -0.15) is 0 Å². The first kappa shape index (κ1) is 12.8. The van der Waals surface area contributed by atoms with Gasteiger partial charge in [0.25, 0.3) is 0 Å². The molecule has 1 aromatic rings. The largest absolute Gasteiger partial charge is 0.467 e. The summed E-state index contributed by atoms with van der Waals surface area (Å²) in [7, 11) is 1.78. The average Bonchev–Trinajstić information content (AvgIpc) is 2.89. The van der Waals surface area contributed by atoms with Gasteiger partial charge in [0.2, 0.25) is 5.91 Å². The molecule has 106 valence electrons. The minimum absolute atomic E-state index is 0.0402. The van der Waals surface area contributed by atoms with Crippen molar-refractivity contribution in [3.8, 4) is 0 Å². The molecule has 0 radical (unpaired) electrons. The molecule has 0 fully saturated rings. The third-order valence-corrected chi connectivity index (χ3v) is 3.61. The van der Waals surface area contributed by atoms with E-state index in [1.807, 2.05) is 23.1 Å². The lowest BCUT2D eigenvalue weighted by atomic mass is 10.1. The van der Waals surface area contributed by atoms with Crippen LogP contribution in [0.4, 0.5) is 0 Å². The molecule has 1 aromatic heterocycles. The molecule has 0 saturated heterocycles. The normalized spacial score (nSPS) is 21.6. The number of hydrogen-bond donors (Lipinski definition) is 3. The molecule has 1 unspecified atom stereocenters. The third kappa shape index (κ3) is 2.30. The van der Waals surface area contributed by atoms with Crippen LogP contribution in [0.1, 0.15) is 17.4 Å². The van der Waals surface area contributed by atoms with Crippen LogP contribution in [-0.4, -0.2) is 30.9 Å². The van der Waals surface area contributed by atoms with Gasteiger partial charge in [0, 0.05) is 12.7 Å². The molecule has 3 N–H and O–H groups in total. The lowest BCUT2D eigenvalue weighted by molar-refractivity contribution is -0.133. The standard InChI is InChI=1S/C14H18N4O2/c1-15-12-13-10(5-8-20-13)4-7-18(14(12)19)9-11-3-2-6-16-17-11/h2-3,5-6,8,12,15-17H,4,7,9H2,1H3. The van der Waals surface area contributed by atoms with Gasteiger partial charge in [0.15, 0.2) is 0 Å². The summed E-state index contributed by atoms with van der Waals surface area (Å²) >= 11 is 0. The van der Waals surface area contributed by atoms with E-state index in [0.717, 1.165) is 23.4 Å². The van der Waals surface area contributed by atoms with Gasteiger partial charge in [-0.3, -0.25) is 4.79 Å². The SMILES string of the molecule is CNC1C(=O)N(CC2=CC=CNN2)CCc2ccoc21. The van der Waals surface area contributed by atoms with E-state index in [1.54, 1.807) is 19.5 Å². The fourth-order valence-electron chi connectivity index (χ4n) is 2.57. The molecule has 20 heavy (non-hydrogen) atoms. The van der Waals surface area contributed by atoms with Crippen molar-refractivity contribution < 1.29 is 9.21 Å². The number of amides is 1. The van der Waals surface area contributed by atoms with E-state index in [2.05, 4.69) is 16.2 Å². The van der Waals surface area contributed by atoms with Crippen molar-refractivity contribution in [3.63, 3.8) is 0 Å². The highest BCUT2D eigenvalue weighted by molar-refractivity contribution is 5.83. The fourth-order valence-corrected chi connectivity index (χ4v) is 2.57. The summed E-state index contributed by atoms with van der Waals surface area (Å²) in [6.07, 6.45) is 8.14. The van der Waals surface area contributed by atoms with Crippen LogP contribution >= 0.6 is 0 Å². The Kier molecular flexibility index (Phi) is 3.47. The Morgan fingerprint density at radius 1 is 1.55 bits per heavy atom. The number of fused-ring (bicyclic) bond motifs is 1. The van der Waals surface area contributed by atoms with E-state index in [4.69, 9.17) is 4.42 Å². The molecule has 1 atom stereocenters. The van der Waals surface area contributed by atoms with E-state index < -0.39 is 6.04 Å². The second kappa shape index (κ2) is 5.42. The molecule has 2 aliphatic heterocycles. The van der Waals surface area contributed by atoms with Gasteiger partial charge < -0.3 is 25.5 Å². The fraction of sp³-hybridized carbons (Fsp3) is 0.357. The van der Waals surface area contributed by atoms with Crippen LogP contribution in [-0.2, 0) is 11.2 Å². The Labute approximate surface area is 117 Å². The average molecular weight is 274 g/mol. The number of hydrazine groups is 1. The summed E-state index contributed by atoms with van der Waals surface area (Å²) < 4.78 is 5.48. The zero-order valence-corrected chi connectivity index (χ0v) is 11.3. The number of nitrogens with zero attached hydrogens (tertiary/aromatic N) is 1. The van der Waals surface area contributed by atoms with Crippen molar-refractivity contribution in [2.75, 3.05) is 20.1 Å². The highest BCUT2D eigenvalue weighted by Crippen LogP contribution is 2.25. The maximum Gasteiger partial charge on any atom is 0.247 e. The minimum atomic E-state index is -0.407. The quantitative estimate of drug-likeness (QED) is 0.746. The van der Waals surface area contributed by atoms with Crippen LogP contribution in [0.15, 0.2) is 40.8 Å². The molecular formula is C14H18N4O2. The Bertz CT molecular complexity index is 561. The van der Waals surface area contributed by atoms with Gasteiger partial charge in [-0.1, -0.05) is 0 Å². The van der Waals surface area contributed by atoms with E-state index in [0.29, 0.717) is 13.1 Å². The van der Waals surface area contributed by atoms with Gasteiger partial charge >= 0.3 is 0 Å². The van der Waals surface area contributed by atoms with Crippen molar-refractivity contribution >= 4 is 5.91 Å². The summed E-state index contributed by atoms with van der Waals surface area (Å²) in [6.45, 7) is 1.24. The molecule has 3 rings (SSSR count). The van der Waals surface area contributed by atoms with Gasteiger partial charge in [-0.05, 0) is 37.3 Å². The second-order valence-corrected chi connectivity index (χ2v) is 4.86. The molecule has 6 heteroatoms. The number of rotatable bonds is 3. The summed E-state index contributed by atoms with van der Waals surface area (Å²) in [4.78, 5) is 14.5. The molecule has 6 nitrogen and oxygen atoms in total. The molecule has 0 aromatic carbocycles. The zero-order chi connectivity index (χ0) is 13.9. The first-order chi connectivity index (χ1) is 9.79. The maximum absolute atomic E-state index is 12.6. The summed E-state index contributed by atoms with van der Waals surface area (Å²) in [5.74, 6) is 0.780. The lowest BCUT2D eigenvalue weighted by Crippen LogP contribution is -2.43. The smallest absolute Gasteiger partial charge is 0.247 e. The topological polar surface area (TPSA) is 69.5 Å². The van der Waals surface area contributed by atoms with Crippen molar-refractivity contribution in [2.45, 2.75) is 12.5 Å². The van der Waals surface area contributed by atoms with E-state index in [9.17, 15) is 4.79 Å². The summed E-state index contributed by atoms with van der Waals surface area (Å²) in [6, 6.07) is 1.54. The Morgan fingerprint density at radius 3 is 3.20 bits per heavy atom. The molecule has 0 bridgehead atoms. The van der Waals surface area contributed by atoms with Crippen molar-refractivity contribution in [1.29, 1.82) is 0 Å². The number of furan rings is 1. The molecular weight excluding hydrogens is 256 g/mol. The number of nitrogens with one attached hydrogen (secondary N) is 3. The predicted octanol–water partition coefficient (Wildman–Crippen LogP) is 0.430. The van der Waals surface area contributed by atoms with E-state index in [-0.39, 0.29) is 5.91 Å². The number of hydrogen-bond acceptors (Lipinski definition) is 5. The minimum Gasteiger partial charge on any atom is -0.467 e. The van der Waals surface area contributed by atoms with Gasteiger partial charge in [0.05, 0.1) is 18.5 Å². The number of carbonyl (C=O) groups excluding carboxylic acids is 1. The van der Waals surface area contributed by atoms with E-state index in [1.165, 1.54) is 0 Å². The maximum atomic E-state index is 12.6. The van der Waals surface area contributed by atoms with Crippen LogP contribution in [0.5, 0.6) is 0 Å². The predicted molar refractivity (Wildman–Crippen MR) is 74.3 cm³/mol. The second-order valence-electron chi connectivity index (χ2n) is 4.86. The lowest BCUT2D eigenvalue weighted by Gasteiger charge is -2.26. The molecule has 0 aliphatic carbocycles. The van der Waals surface area contributed by atoms with Gasteiger partial charge in [-0.25, -0.2) is 0 Å². The van der Waals surface area contributed by atoms with Crippen LogP contribution in [0, 0.1) is 0 Å². The molecule has 1 amide bonds. The van der Waals surface area contributed by atoms with Crippen molar-refractivity contribution in [3.05, 3.63) is 47.7 Å². The van der Waals surface area contributed by atoms with Crippen LogP contribution < -0.4 is 16.2 Å². The van der Waals surface area contributed by atoms with Crippen LogP contribution in [0.3, 0.4) is 0 Å². The molecule has 3 heterocycles. The number of likely N-dealkylation sites (N-methyl/N-ethyl adjacent to an activating group) is 1. The summed E-state index contributed by atoms with van der Waals surface area (Å²) in [5.41, 5.74) is 8.03. The van der Waals surface area contributed by atoms with Crippen LogP contribution in [0.25, 0.3) is 0 Å². The first-order valence-electron chi connectivity index (χ1n) is 6.69. The van der Waals surface area contributed by atoms with E-state index >= 15 is 0 Å². The Balaban J connectivity index is 1.80. The van der Waals surface area contributed by atoms with Gasteiger partial charge in [-0.15, -0.1) is 0 Å². The number of allylic oxidation sites excluding steroid dienone is 2. The van der Waals surface area contributed by atoms with Crippen molar-refractivity contribution in [2.24, 2.45) is 0 Å². The first-order valence-corrected chi connectivity index (χ1v) is 6.69. The van der Waals surface area contributed by atoms with Crippen LogP contribution in [0.2, 0.25) is 0 Å². The van der Waals surface area contributed by atoms with Gasteiger partial charge in [0.1, 0.15) is 11.8 Å². The monoisotopic (exact) mass is 274 g/mol.